The van der Waals surface area contributed by atoms with E-state index in [1.165, 1.54) is 20.5 Å². The monoisotopic (exact) mass is 366 g/mol. The van der Waals surface area contributed by atoms with Crippen molar-refractivity contribution in [1.82, 2.24) is 9.21 Å². The van der Waals surface area contributed by atoms with Gasteiger partial charge in [-0.15, -0.1) is 11.3 Å². The second-order valence-corrected chi connectivity index (χ2v) is 9.03. The van der Waals surface area contributed by atoms with Gasteiger partial charge in [-0.2, -0.15) is 14.8 Å². The van der Waals surface area contributed by atoms with Gasteiger partial charge in [-0.25, -0.2) is 8.42 Å². The minimum Gasteiger partial charge on any atom is -0.316 e. The van der Waals surface area contributed by atoms with Gasteiger partial charge in [-0.3, -0.25) is 4.79 Å². The van der Waals surface area contributed by atoms with E-state index in [0.717, 1.165) is 4.88 Å². The summed E-state index contributed by atoms with van der Waals surface area (Å²) < 4.78 is 27.0. The Kier molecular flexibility index (Phi) is 5.94. The fraction of sp³-hybridized carbons (Fsp3) is 0.533. The Labute approximate surface area is 145 Å². The number of amides is 1. The van der Waals surface area contributed by atoms with E-state index in [4.69, 9.17) is 10.5 Å². The Bertz CT molecular complexity index is 772. The van der Waals surface area contributed by atoms with Crippen molar-refractivity contribution in [1.29, 1.82) is 10.5 Å². The molecule has 128 valence electrons. The second kappa shape index (κ2) is 7.75. The van der Waals surface area contributed by atoms with Crippen molar-refractivity contribution < 1.29 is 13.2 Å². The molecule has 1 aliphatic rings. The highest BCUT2D eigenvalue weighted by molar-refractivity contribution is 7.91. The number of nitriles is 2. The van der Waals surface area contributed by atoms with E-state index in [1.54, 1.807) is 12.1 Å². The van der Waals surface area contributed by atoms with Crippen molar-refractivity contribution in [2.75, 3.05) is 26.2 Å². The molecule has 1 fully saturated rings. The normalized spacial score (nSPS) is 18.5. The van der Waals surface area contributed by atoms with Gasteiger partial charge in [-0.1, -0.05) is 0 Å². The average molecular weight is 366 g/mol. The molecule has 0 aliphatic carbocycles. The van der Waals surface area contributed by atoms with Crippen LogP contribution in [0.1, 0.15) is 17.7 Å². The van der Waals surface area contributed by atoms with Crippen LogP contribution in [-0.2, 0) is 14.8 Å². The fourth-order valence-corrected chi connectivity index (χ4v) is 5.64. The highest BCUT2D eigenvalue weighted by atomic mass is 32.2. The Hall–Kier alpha value is -1.94. The number of nitrogens with zero attached hydrogens (tertiary/aromatic N) is 4. The summed E-state index contributed by atoms with van der Waals surface area (Å²) in [6, 6.07) is 7.07. The van der Waals surface area contributed by atoms with E-state index < -0.39 is 15.9 Å². The summed E-state index contributed by atoms with van der Waals surface area (Å²) in [5, 5.41) is 17.6. The fourth-order valence-electron chi connectivity index (χ4n) is 2.68. The molecule has 1 saturated heterocycles. The zero-order valence-corrected chi connectivity index (χ0v) is 14.9. The maximum absolute atomic E-state index is 12.7. The molecule has 0 N–H and O–H groups in total. The first-order valence-corrected chi connectivity index (χ1v) is 9.75. The van der Waals surface area contributed by atoms with Crippen molar-refractivity contribution in [3.8, 4) is 12.1 Å². The number of carbonyl (C=O) groups excluding carboxylic acids is 1. The maximum atomic E-state index is 12.7. The third kappa shape index (κ3) is 3.93. The SMILES string of the molecule is Cc1ccc(S(=O)(=O)N2CCCC(C(=O)N(CC#N)CC#N)C2)s1. The van der Waals surface area contributed by atoms with Crippen LogP contribution in [-0.4, -0.2) is 49.7 Å². The molecule has 2 heterocycles. The molecule has 0 bridgehead atoms. The molecule has 1 aromatic rings. The molecule has 0 spiro atoms. The van der Waals surface area contributed by atoms with Gasteiger partial charge < -0.3 is 4.90 Å². The van der Waals surface area contributed by atoms with E-state index in [9.17, 15) is 13.2 Å². The van der Waals surface area contributed by atoms with Crippen LogP contribution in [0.2, 0.25) is 0 Å². The molecule has 24 heavy (non-hydrogen) atoms. The summed E-state index contributed by atoms with van der Waals surface area (Å²) >= 11 is 1.21. The molecule has 0 aromatic carbocycles. The van der Waals surface area contributed by atoms with E-state index >= 15 is 0 Å². The van der Waals surface area contributed by atoms with Crippen molar-refractivity contribution in [3.63, 3.8) is 0 Å². The minimum absolute atomic E-state index is 0.0888. The summed E-state index contributed by atoms with van der Waals surface area (Å²) in [4.78, 5) is 14.6. The molecule has 1 amide bonds. The van der Waals surface area contributed by atoms with Crippen molar-refractivity contribution >= 4 is 27.3 Å². The number of sulfonamides is 1. The van der Waals surface area contributed by atoms with Crippen LogP contribution in [0.3, 0.4) is 0 Å². The summed E-state index contributed by atoms with van der Waals surface area (Å²) in [6.45, 7) is 1.97. The first kappa shape index (κ1) is 18.4. The number of hydrogen-bond acceptors (Lipinski definition) is 6. The van der Waals surface area contributed by atoms with Crippen LogP contribution >= 0.6 is 11.3 Å². The van der Waals surface area contributed by atoms with Gasteiger partial charge in [0.15, 0.2) is 0 Å². The van der Waals surface area contributed by atoms with Crippen LogP contribution in [0.5, 0.6) is 0 Å². The van der Waals surface area contributed by atoms with Gasteiger partial charge in [0.1, 0.15) is 17.3 Å². The van der Waals surface area contributed by atoms with Crippen LogP contribution in [0.25, 0.3) is 0 Å². The summed E-state index contributed by atoms with van der Waals surface area (Å²) in [5.74, 6) is -0.850. The number of carbonyl (C=O) groups is 1. The molecule has 7 nitrogen and oxygen atoms in total. The van der Waals surface area contributed by atoms with E-state index in [-0.39, 0.29) is 29.8 Å². The molecular formula is C15H18N4O3S2. The molecule has 1 aromatic heterocycles. The summed E-state index contributed by atoms with van der Waals surface area (Å²) in [7, 11) is -3.61. The first-order valence-electron chi connectivity index (χ1n) is 7.49. The molecule has 1 aliphatic heterocycles. The van der Waals surface area contributed by atoms with Crippen molar-refractivity contribution in [3.05, 3.63) is 17.0 Å². The molecular weight excluding hydrogens is 348 g/mol. The highest BCUT2D eigenvalue weighted by Crippen LogP contribution is 2.28. The van der Waals surface area contributed by atoms with Crippen LogP contribution in [0.15, 0.2) is 16.3 Å². The standard InChI is InChI=1S/C15H18N4O3S2/c1-12-4-5-14(23-12)24(21,22)19-8-2-3-13(11-19)15(20)18(9-6-16)10-7-17/h4-5,13H,2-3,8-11H2,1H3. The number of rotatable bonds is 5. The Morgan fingerprint density at radius 2 is 2.04 bits per heavy atom. The zero-order valence-electron chi connectivity index (χ0n) is 13.3. The van der Waals surface area contributed by atoms with Crippen molar-refractivity contribution in [2.45, 2.75) is 24.0 Å². The third-order valence-corrected chi connectivity index (χ3v) is 7.21. The van der Waals surface area contributed by atoms with Crippen LogP contribution < -0.4 is 0 Å². The third-order valence-electron chi connectivity index (χ3n) is 3.88. The van der Waals surface area contributed by atoms with Gasteiger partial charge in [0, 0.05) is 18.0 Å². The van der Waals surface area contributed by atoms with Gasteiger partial charge >= 0.3 is 0 Å². The predicted octanol–water partition coefficient (Wildman–Crippen LogP) is 1.33. The lowest BCUT2D eigenvalue weighted by molar-refractivity contribution is -0.135. The number of hydrogen-bond donors (Lipinski definition) is 0. The molecule has 2 rings (SSSR count). The van der Waals surface area contributed by atoms with Gasteiger partial charge in [-0.05, 0) is 31.9 Å². The quantitative estimate of drug-likeness (QED) is 0.731. The predicted molar refractivity (Wildman–Crippen MR) is 88.3 cm³/mol. The average Bonchev–Trinajstić information content (AvgIpc) is 3.01. The van der Waals surface area contributed by atoms with E-state index in [1.807, 2.05) is 19.1 Å². The van der Waals surface area contributed by atoms with Gasteiger partial charge in [0.2, 0.25) is 5.91 Å². The molecule has 1 atom stereocenters. The summed E-state index contributed by atoms with van der Waals surface area (Å²) in [6.07, 6.45) is 1.13. The summed E-state index contributed by atoms with van der Waals surface area (Å²) in [5.41, 5.74) is 0. The van der Waals surface area contributed by atoms with E-state index in [0.29, 0.717) is 19.4 Å². The number of piperidine rings is 1. The lowest BCUT2D eigenvalue weighted by Crippen LogP contribution is -2.46. The minimum atomic E-state index is -3.61. The second-order valence-electron chi connectivity index (χ2n) is 5.58. The number of thiophene rings is 1. The molecule has 9 heteroatoms. The topological polar surface area (TPSA) is 105 Å². The van der Waals surface area contributed by atoms with Crippen LogP contribution in [0.4, 0.5) is 0 Å². The molecule has 1 unspecified atom stereocenters. The number of aryl methyl sites for hydroxylation is 1. The Balaban J connectivity index is 2.15. The van der Waals surface area contributed by atoms with E-state index in [2.05, 4.69) is 0 Å². The smallest absolute Gasteiger partial charge is 0.252 e. The Morgan fingerprint density at radius 3 is 2.58 bits per heavy atom. The largest absolute Gasteiger partial charge is 0.316 e. The van der Waals surface area contributed by atoms with Gasteiger partial charge in [0.25, 0.3) is 10.0 Å². The lowest BCUT2D eigenvalue weighted by Gasteiger charge is -2.32. The lowest BCUT2D eigenvalue weighted by atomic mass is 9.98. The zero-order chi connectivity index (χ0) is 17.7. The highest BCUT2D eigenvalue weighted by Gasteiger charge is 2.35. The maximum Gasteiger partial charge on any atom is 0.252 e. The van der Waals surface area contributed by atoms with Gasteiger partial charge in [0.05, 0.1) is 18.1 Å². The van der Waals surface area contributed by atoms with Crippen molar-refractivity contribution in [2.24, 2.45) is 5.92 Å². The first-order chi connectivity index (χ1) is 11.4. The van der Waals surface area contributed by atoms with Crippen LogP contribution in [0, 0.1) is 35.5 Å². The molecule has 0 radical (unpaired) electrons. The molecule has 0 saturated carbocycles. The Morgan fingerprint density at radius 1 is 1.38 bits per heavy atom.